The molecular formula is C12H23NO3. The molecule has 1 amide bonds. The summed E-state index contributed by atoms with van der Waals surface area (Å²) in [6, 6.07) is 0. The molecule has 1 unspecified atom stereocenters. The summed E-state index contributed by atoms with van der Waals surface area (Å²) < 4.78 is 5.38. The summed E-state index contributed by atoms with van der Waals surface area (Å²) in [6.45, 7) is 4.80. The van der Waals surface area contributed by atoms with Gasteiger partial charge in [0.25, 0.3) is 0 Å². The van der Waals surface area contributed by atoms with Crippen LogP contribution in [0.5, 0.6) is 0 Å². The number of carbonyl (C=O) groups is 1. The average Bonchev–Trinajstić information content (AvgIpc) is 2.34. The summed E-state index contributed by atoms with van der Waals surface area (Å²) in [4.78, 5) is 13.5. The van der Waals surface area contributed by atoms with Gasteiger partial charge in [0.15, 0.2) is 0 Å². The Hall–Kier alpha value is -0.610. The zero-order valence-electron chi connectivity index (χ0n) is 10.2. The predicted octanol–water partition coefficient (Wildman–Crippen LogP) is 1.03. The van der Waals surface area contributed by atoms with Crippen LogP contribution in [0.1, 0.15) is 32.6 Å². The van der Waals surface area contributed by atoms with Gasteiger partial charge in [0.05, 0.1) is 6.61 Å². The van der Waals surface area contributed by atoms with E-state index in [4.69, 9.17) is 9.84 Å². The first-order valence-electron chi connectivity index (χ1n) is 6.24. The van der Waals surface area contributed by atoms with Crippen LogP contribution >= 0.6 is 0 Å². The molecular weight excluding hydrogens is 206 g/mol. The molecule has 0 aliphatic carbocycles. The molecule has 0 bridgehead atoms. The zero-order valence-corrected chi connectivity index (χ0v) is 10.2. The largest absolute Gasteiger partial charge is 0.395 e. The Morgan fingerprint density at radius 1 is 1.56 bits per heavy atom. The molecule has 0 aromatic carbocycles. The second-order valence-corrected chi connectivity index (χ2v) is 4.32. The van der Waals surface area contributed by atoms with Crippen LogP contribution in [-0.4, -0.2) is 48.8 Å². The fraction of sp³-hybridized carbons (Fsp3) is 0.917. The Bertz CT molecular complexity index is 202. The first-order valence-corrected chi connectivity index (χ1v) is 6.24. The summed E-state index contributed by atoms with van der Waals surface area (Å²) in [6.07, 6.45) is 3.80. The highest BCUT2D eigenvalue weighted by molar-refractivity contribution is 5.76. The maximum atomic E-state index is 11.8. The summed E-state index contributed by atoms with van der Waals surface area (Å²) in [5.41, 5.74) is 0. The quantitative estimate of drug-likeness (QED) is 0.740. The first-order chi connectivity index (χ1) is 7.77. The van der Waals surface area contributed by atoms with Gasteiger partial charge in [-0.15, -0.1) is 0 Å². The van der Waals surface area contributed by atoms with Crippen molar-refractivity contribution in [3.8, 4) is 0 Å². The standard InChI is InChI=1S/C12H23NO3/c1-2-13(7-8-14)12(15)6-5-11-4-3-9-16-10-11/h11,14H,2-10H2,1H3. The maximum Gasteiger partial charge on any atom is 0.222 e. The van der Waals surface area contributed by atoms with E-state index in [1.54, 1.807) is 4.90 Å². The van der Waals surface area contributed by atoms with E-state index in [-0.39, 0.29) is 12.5 Å². The fourth-order valence-corrected chi connectivity index (χ4v) is 2.10. The van der Waals surface area contributed by atoms with Crippen molar-refractivity contribution in [1.82, 2.24) is 4.90 Å². The lowest BCUT2D eigenvalue weighted by atomic mass is 9.96. The summed E-state index contributed by atoms with van der Waals surface area (Å²) in [5, 5.41) is 8.82. The van der Waals surface area contributed by atoms with Crippen LogP contribution in [-0.2, 0) is 9.53 Å². The highest BCUT2D eigenvalue weighted by Crippen LogP contribution is 2.19. The van der Waals surface area contributed by atoms with E-state index in [1.807, 2.05) is 6.92 Å². The first kappa shape index (κ1) is 13.5. The zero-order chi connectivity index (χ0) is 11.8. The Morgan fingerprint density at radius 2 is 2.38 bits per heavy atom. The molecule has 0 saturated carbocycles. The van der Waals surface area contributed by atoms with E-state index in [0.29, 0.717) is 25.4 Å². The number of carbonyl (C=O) groups excluding carboxylic acids is 1. The van der Waals surface area contributed by atoms with Gasteiger partial charge in [0, 0.05) is 32.7 Å². The molecule has 1 rings (SSSR count). The van der Waals surface area contributed by atoms with Crippen molar-refractivity contribution in [3.05, 3.63) is 0 Å². The molecule has 0 aromatic heterocycles. The van der Waals surface area contributed by atoms with Crippen molar-refractivity contribution in [2.24, 2.45) is 5.92 Å². The highest BCUT2D eigenvalue weighted by atomic mass is 16.5. The molecule has 1 aliphatic heterocycles. The van der Waals surface area contributed by atoms with Crippen molar-refractivity contribution >= 4 is 5.91 Å². The lowest BCUT2D eigenvalue weighted by molar-refractivity contribution is -0.132. The van der Waals surface area contributed by atoms with Crippen LogP contribution in [0.25, 0.3) is 0 Å². The molecule has 1 aliphatic rings. The lowest BCUT2D eigenvalue weighted by Crippen LogP contribution is -2.33. The molecule has 0 aromatic rings. The van der Waals surface area contributed by atoms with Crippen LogP contribution in [0, 0.1) is 5.92 Å². The number of amides is 1. The van der Waals surface area contributed by atoms with Gasteiger partial charge in [0.1, 0.15) is 0 Å². The van der Waals surface area contributed by atoms with Gasteiger partial charge in [0.2, 0.25) is 5.91 Å². The van der Waals surface area contributed by atoms with Crippen molar-refractivity contribution in [2.45, 2.75) is 32.6 Å². The van der Waals surface area contributed by atoms with Crippen LogP contribution in [0.3, 0.4) is 0 Å². The average molecular weight is 229 g/mol. The second-order valence-electron chi connectivity index (χ2n) is 4.32. The van der Waals surface area contributed by atoms with E-state index in [0.717, 1.165) is 26.1 Å². The topological polar surface area (TPSA) is 49.8 Å². The molecule has 0 radical (unpaired) electrons. The number of aliphatic hydroxyl groups is 1. The van der Waals surface area contributed by atoms with Crippen LogP contribution in [0.4, 0.5) is 0 Å². The van der Waals surface area contributed by atoms with Gasteiger partial charge in [-0.25, -0.2) is 0 Å². The number of ether oxygens (including phenoxy) is 1. The van der Waals surface area contributed by atoms with E-state index >= 15 is 0 Å². The smallest absolute Gasteiger partial charge is 0.222 e. The molecule has 1 N–H and O–H groups in total. The number of rotatable bonds is 6. The molecule has 0 spiro atoms. The third-order valence-corrected chi connectivity index (χ3v) is 3.13. The van der Waals surface area contributed by atoms with Crippen molar-refractivity contribution in [1.29, 1.82) is 0 Å². The van der Waals surface area contributed by atoms with E-state index in [1.165, 1.54) is 6.42 Å². The molecule has 16 heavy (non-hydrogen) atoms. The van der Waals surface area contributed by atoms with Gasteiger partial charge in [-0.3, -0.25) is 4.79 Å². The second kappa shape index (κ2) is 7.63. The van der Waals surface area contributed by atoms with Crippen LogP contribution in [0.2, 0.25) is 0 Å². The molecule has 94 valence electrons. The Labute approximate surface area is 97.6 Å². The SMILES string of the molecule is CCN(CCO)C(=O)CCC1CCCOC1. The summed E-state index contributed by atoms with van der Waals surface area (Å²) >= 11 is 0. The van der Waals surface area contributed by atoms with Gasteiger partial charge in [-0.05, 0) is 32.1 Å². The van der Waals surface area contributed by atoms with Gasteiger partial charge >= 0.3 is 0 Å². The van der Waals surface area contributed by atoms with Gasteiger partial charge < -0.3 is 14.7 Å². The number of hydrogen-bond donors (Lipinski definition) is 1. The monoisotopic (exact) mass is 229 g/mol. The third kappa shape index (κ3) is 4.49. The lowest BCUT2D eigenvalue weighted by Gasteiger charge is -2.24. The van der Waals surface area contributed by atoms with Gasteiger partial charge in [-0.1, -0.05) is 0 Å². The third-order valence-electron chi connectivity index (χ3n) is 3.13. The maximum absolute atomic E-state index is 11.8. The molecule has 1 atom stereocenters. The van der Waals surface area contributed by atoms with Crippen molar-refractivity contribution in [2.75, 3.05) is 32.9 Å². The summed E-state index contributed by atoms with van der Waals surface area (Å²) in [7, 11) is 0. The number of likely N-dealkylation sites (N-methyl/N-ethyl adjacent to an activating group) is 1. The molecule has 1 heterocycles. The Kier molecular flexibility index (Phi) is 6.42. The summed E-state index contributed by atoms with van der Waals surface area (Å²) in [5.74, 6) is 0.702. The highest BCUT2D eigenvalue weighted by Gasteiger charge is 2.17. The van der Waals surface area contributed by atoms with Crippen LogP contribution in [0.15, 0.2) is 0 Å². The molecule has 4 heteroatoms. The molecule has 1 saturated heterocycles. The fourth-order valence-electron chi connectivity index (χ4n) is 2.10. The normalized spacial score (nSPS) is 20.8. The Balaban J connectivity index is 2.21. The van der Waals surface area contributed by atoms with Crippen molar-refractivity contribution in [3.63, 3.8) is 0 Å². The molecule has 1 fully saturated rings. The van der Waals surface area contributed by atoms with E-state index in [9.17, 15) is 4.79 Å². The minimum Gasteiger partial charge on any atom is -0.395 e. The van der Waals surface area contributed by atoms with E-state index in [2.05, 4.69) is 0 Å². The molecule has 4 nitrogen and oxygen atoms in total. The predicted molar refractivity (Wildman–Crippen MR) is 62.1 cm³/mol. The van der Waals surface area contributed by atoms with Gasteiger partial charge in [-0.2, -0.15) is 0 Å². The number of hydrogen-bond acceptors (Lipinski definition) is 3. The Morgan fingerprint density at radius 3 is 2.94 bits per heavy atom. The van der Waals surface area contributed by atoms with Crippen molar-refractivity contribution < 1.29 is 14.6 Å². The van der Waals surface area contributed by atoms with E-state index < -0.39 is 0 Å². The number of nitrogens with zero attached hydrogens (tertiary/aromatic N) is 1. The minimum atomic E-state index is 0.0477. The van der Waals surface area contributed by atoms with Crippen LogP contribution < -0.4 is 0 Å². The minimum absolute atomic E-state index is 0.0477. The number of aliphatic hydroxyl groups excluding tert-OH is 1.